The Balaban J connectivity index is 1.66. The summed E-state index contributed by atoms with van der Waals surface area (Å²) in [6.45, 7) is 5.63. The number of ether oxygens (including phenoxy) is 2. The molecule has 0 bridgehead atoms. The number of pyridine rings is 1. The van der Waals surface area contributed by atoms with Gasteiger partial charge in [0, 0.05) is 47.4 Å². The molecular weight excluding hydrogens is 430 g/mol. The molecule has 0 saturated heterocycles. The van der Waals surface area contributed by atoms with Crippen molar-refractivity contribution in [3.8, 4) is 5.75 Å². The van der Waals surface area contributed by atoms with E-state index in [1.54, 1.807) is 34.1 Å². The van der Waals surface area contributed by atoms with Crippen molar-refractivity contribution in [2.75, 3.05) is 19.0 Å². The first-order valence-electron chi connectivity index (χ1n) is 11.3. The SMILES string of the molecule is COc1cccc(C2C3=C(CCN(C(=O)OC(C)(C)C)C3=O)Nc3cc4cccnc4cc32)c1. The van der Waals surface area contributed by atoms with Crippen LogP contribution in [0.1, 0.15) is 44.2 Å². The predicted molar refractivity (Wildman–Crippen MR) is 130 cm³/mol. The number of rotatable bonds is 2. The fourth-order valence-corrected chi connectivity index (χ4v) is 4.62. The average molecular weight is 458 g/mol. The first kappa shape index (κ1) is 21.9. The average Bonchev–Trinajstić information content (AvgIpc) is 2.80. The highest BCUT2D eigenvalue weighted by Gasteiger charge is 2.41. The largest absolute Gasteiger partial charge is 0.497 e. The van der Waals surface area contributed by atoms with E-state index in [2.05, 4.69) is 16.4 Å². The van der Waals surface area contributed by atoms with Crippen molar-refractivity contribution in [3.05, 3.63) is 77.1 Å². The van der Waals surface area contributed by atoms with Gasteiger partial charge >= 0.3 is 6.09 Å². The third kappa shape index (κ3) is 3.87. The van der Waals surface area contributed by atoms with Crippen molar-refractivity contribution < 1.29 is 19.1 Å². The number of nitrogens with zero attached hydrogens (tertiary/aromatic N) is 2. The van der Waals surface area contributed by atoms with Crippen LogP contribution in [-0.2, 0) is 9.53 Å². The molecule has 2 aromatic carbocycles. The smallest absolute Gasteiger partial charge is 0.417 e. The first-order valence-corrected chi connectivity index (χ1v) is 11.3. The summed E-state index contributed by atoms with van der Waals surface area (Å²) >= 11 is 0. The topological polar surface area (TPSA) is 80.8 Å². The van der Waals surface area contributed by atoms with Crippen molar-refractivity contribution >= 4 is 28.6 Å². The summed E-state index contributed by atoms with van der Waals surface area (Å²) in [6, 6.07) is 15.7. The summed E-state index contributed by atoms with van der Waals surface area (Å²) in [7, 11) is 1.62. The van der Waals surface area contributed by atoms with Crippen molar-refractivity contribution in [1.29, 1.82) is 0 Å². The van der Waals surface area contributed by atoms with E-state index in [1.807, 2.05) is 42.5 Å². The quantitative estimate of drug-likeness (QED) is 0.568. The van der Waals surface area contributed by atoms with Crippen molar-refractivity contribution in [2.24, 2.45) is 0 Å². The van der Waals surface area contributed by atoms with Gasteiger partial charge in [-0.05, 0) is 62.2 Å². The molecule has 2 aliphatic heterocycles. The van der Waals surface area contributed by atoms with Gasteiger partial charge in [-0.3, -0.25) is 9.78 Å². The molecule has 3 aromatic rings. The van der Waals surface area contributed by atoms with Crippen molar-refractivity contribution in [2.45, 2.75) is 38.7 Å². The maximum atomic E-state index is 13.8. The molecular formula is C27H27N3O4. The number of nitrogens with one attached hydrogen (secondary N) is 1. The Labute approximate surface area is 198 Å². The van der Waals surface area contributed by atoms with Crippen LogP contribution in [0.4, 0.5) is 10.5 Å². The molecule has 1 atom stereocenters. The molecule has 7 heteroatoms. The van der Waals surface area contributed by atoms with E-state index in [0.717, 1.165) is 33.4 Å². The Bertz CT molecular complexity index is 1340. The first-order chi connectivity index (χ1) is 16.2. The number of aromatic nitrogens is 1. The minimum absolute atomic E-state index is 0.259. The van der Waals surface area contributed by atoms with Gasteiger partial charge < -0.3 is 14.8 Å². The Morgan fingerprint density at radius 1 is 1.15 bits per heavy atom. The normalized spacial score (nSPS) is 17.7. The lowest BCUT2D eigenvalue weighted by atomic mass is 9.78. The van der Waals surface area contributed by atoms with Gasteiger partial charge in [0.15, 0.2) is 0 Å². The Morgan fingerprint density at radius 2 is 1.97 bits per heavy atom. The van der Waals surface area contributed by atoms with Gasteiger partial charge in [-0.2, -0.15) is 0 Å². The zero-order valence-electron chi connectivity index (χ0n) is 19.7. The fraction of sp³-hybridized carbons (Fsp3) is 0.296. The lowest BCUT2D eigenvalue weighted by Gasteiger charge is -2.38. The van der Waals surface area contributed by atoms with Crippen molar-refractivity contribution in [3.63, 3.8) is 0 Å². The summed E-state index contributed by atoms with van der Waals surface area (Å²) in [5.74, 6) is -0.0287. The minimum Gasteiger partial charge on any atom is -0.497 e. The standard InChI is InChI=1S/C27H27N3O4/c1-27(2,3)34-26(32)30-12-10-20-24(25(30)31)23(17-7-5-9-18(13-17)33-4)19-15-21-16(8-6-11-28-21)14-22(19)29-20/h5-9,11,13-15,23,29H,10,12H2,1-4H3. The zero-order valence-corrected chi connectivity index (χ0v) is 19.7. The summed E-state index contributed by atoms with van der Waals surface area (Å²) in [5, 5.41) is 4.49. The predicted octanol–water partition coefficient (Wildman–Crippen LogP) is 5.22. The zero-order chi connectivity index (χ0) is 24.0. The molecule has 0 spiro atoms. The summed E-state index contributed by atoms with van der Waals surface area (Å²) < 4.78 is 11.0. The lowest BCUT2D eigenvalue weighted by molar-refractivity contribution is -0.127. The molecule has 0 aliphatic carbocycles. The molecule has 1 N–H and O–H groups in total. The Hall–Kier alpha value is -3.87. The third-order valence-electron chi connectivity index (χ3n) is 6.09. The number of carbonyl (C=O) groups is 2. The second-order valence-corrected chi connectivity index (χ2v) is 9.55. The van der Waals surface area contributed by atoms with Gasteiger partial charge in [0.05, 0.1) is 12.6 Å². The number of hydrogen-bond donors (Lipinski definition) is 1. The summed E-state index contributed by atoms with van der Waals surface area (Å²) in [5.41, 5.74) is 4.29. The van der Waals surface area contributed by atoms with E-state index in [0.29, 0.717) is 17.7 Å². The summed E-state index contributed by atoms with van der Waals surface area (Å²) in [4.78, 5) is 32.4. The number of benzene rings is 2. The van der Waals surface area contributed by atoms with E-state index >= 15 is 0 Å². The van der Waals surface area contributed by atoms with E-state index in [-0.39, 0.29) is 18.4 Å². The van der Waals surface area contributed by atoms with Gasteiger partial charge in [0.2, 0.25) is 0 Å². The van der Waals surface area contributed by atoms with E-state index in [4.69, 9.17) is 9.47 Å². The molecule has 174 valence electrons. The molecule has 2 aliphatic rings. The van der Waals surface area contributed by atoms with Crippen LogP contribution in [0.15, 0.2) is 66.0 Å². The molecule has 1 aromatic heterocycles. The minimum atomic E-state index is -0.694. The molecule has 2 amide bonds. The second-order valence-electron chi connectivity index (χ2n) is 9.55. The van der Waals surface area contributed by atoms with Crippen LogP contribution < -0.4 is 10.1 Å². The molecule has 34 heavy (non-hydrogen) atoms. The number of amides is 2. The van der Waals surface area contributed by atoms with Crippen LogP contribution in [-0.4, -0.2) is 41.1 Å². The van der Waals surface area contributed by atoms with Gasteiger partial charge in [-0.1, -0.05) is 18.2 Å². The number of hydrogen-bond acceptors (Lipinski definition) is 6. The maximum Gasteiger partial charge on any atom is 0.417 e. The monoisotopic (exact) mass is 457 g/mol. The van der Waals surface area contributed by atoms with Crippen LogP contribution in [0.25, 0.3) is 10.9 Å². The van der Waals surface area contributed by atoms with E-state index in [9.17, 15) is 9.59 Å². The highest BCUT2D eigenvalue weighted by Crippen LogP contribution is 2.46. The fourth-order valence-electron chi connectivity index (χ4n) is 4.62. The molecule has 0 saturated carbocycles. The van der Waals surface area contributed by atoms with Gasteiger partial charge in [-0.15, -0.1) is 0 Å². The highest BCUT2D eigenvalue weighted by atomic mass is 16.6. The van der Waals surface area contributed by atoms with Crippen LogP contribution in [0, 0.1) is 0 Å². The number of anilines is 1. The molecule has 0 fully saturated rings. The lowest BCUT2D eigenvalue weighted by Crippen LogP contribution is -2.47. The van der Waals surface area contributed by atoms with Crippen LogP contribution >= 0.6 is 0 Å². The van der Waals surface area contributed by atoms with Crippen molar-refractivity contribution in [1.82, 2.24) is 9.88 Å². The van der Waals surface area contributed by atoms with Crippen LogP contribution in [0.5, 0.6) is 5.75 Å². The number of methoxy groups -OCH3 is 1. The second kappa shape index (κ2) is 8.17. The number of fused-ring (bicyclic) bond motifs is 2. The molecule has 7 nitrogen and oxygen atoms in total. The summed E-state index contributed by atoms with van der Waals surface area (Å²) in [6.07, 6.45) is 1.65. The van der Waals surface area contributed by atoms with Crippen LogP contribution in [0.2, 0.25) is 0 Å². The molecule has 1 unspecified atom stereocenters. The molecule has 3 heterocycles. The van der Waals surface area contributed by atoms with Gasteiger partial charge in [-0.25, -0.2) is 9.69 Å². The molecule has 5 rings (SSSR count). The van der Waals surface area contributed by atoms with Gasteiger partial charge in [0.25, 0.3) is 5.91 Å². The Morgan fingerprint density at radius 3 is 2.74 bits per heavy atom. The third-order valence-corrected chi connectivity index (χ3v) is 6.09. The van der Waals surface area contributed by atoms with Crippen LogP contribution in [0.3, 0.4) is 0 Å². The van der Waals surface area contributed by atoms with E-state index in [1.165, 1.54) is 4.90 Å². The highest BCUT2D eigenvalue weighted by molar-refractivity contribution is 6.07. The maximum absolute atomic E-state index is 13.8. The molecule has 0 radical (unpaired) electrons. The number of imide groups is 1. The van der Waals surface area contributed by atoms with Gasteiger partial charge in [0.1, 0.15) is 11.4 Å². The van der Waals surface area contributed by atoms with E-state index < -0.39 is 11.7 Å². The number of carbonyl (C=O) groups excluding carboxylic acids is 2. The Kier molecular flexibility index (Phi) is 5.27.